The molecule has 2 aromatic rings. The van der Waals surface area contributed by atoms with Crippen LogP contribution in [0.5, 0.6) is 0 Å². The van der Waals surface area contributed by atoms with Crippen molar-refractivity contribution in [1.82, 2.24) is 5.32 Å². The molecule has 0 fully saturated rings. The molecule has 0 aromatic heterocycles. The van der Waals surface area contributed by atoms with Crippen LogP contribution in [0.2, 0.25) is 0 Å². The van der Waals surface area contributed by atoms with E-state index in [1.165, 1.54) is 11.1 Å². The predicted molar refractivity (Wildman–Crippen MR) is 86.6 cm³/mol. The van der Waals surface area contributed by atoms with E-state index in [2.05, 4.69) is 55.6 Å². The van der Waals surface area contributed by atoms with E-state index in [4.69, 9.17) is 5.73 Å². The van der Waals surface area contributed by atoms with E-state index < -0.39 is 0 Å². The molecule has 0 aliphatic rings. The second-order valence-corrected chi connectivity index (χ2v) is 5.64. The fourth-order valence-electron chi connectivity index (χ4n) is 2.50. The molecule has 3 N–H and O–H groups in total. The molecule has 0 radical (unpaired) electrons. The van der Waals surface area contributed by atoms with Gasteiger partial charge in [0.2, 0.25) is 0 Å². The maximum absolute atomic E-state index is 5.90. The molecule has 1 unspecified atom stereocenters. The van der Waals surface area contributed by atoms with Crippen LogP contribution in [0.4, 0.5) is 5.69 Å². The smallest absolute Gasteiger partial charge is 0.0316 e. The summed E-state index contributed by atoms with van der Waals surface area (Å²) in [5.74, 6) is 1.07. The van der Waals surface area contributed by atoms with Gasteiger partial charge >= 0.3 is 0 Å². The molecule has 20 heavy (non-hydrogen) atoms. The van der Waals surface area contributed by atoms with Crippen LogP contribution in [0.3, 0.4) is 0 Å². The van der Waals surface area contributed by atoms with Crippen molar-refractivity contribution in [3.05, 3.63) is 65.7 Å². The fraction of sp³-hybridized carbons (Fsp3) is 0.333. The van der Waals surface area contributed by atoms with E-state index in [1.807, 2.05) is 18.2 Å². The number of anilines is 1. The van der Waals surface area contributed by atoms with E-state index >= 15 is 0 Å². The third kappa shape index (κ3) is 4.10. The minimum Gasteiger partial charge on any atom is -0.399 e. The van der Waals surface area contributed by atoms with Gasteiger partial charge in [-0.15, -0.1) is 0 Å². The summed E-state index contributed by atoms with van der Waals surface area (Å²) >= 11 is 0. The molecule has 0 aliphatic heterocycles. The van der Waals surface area contributed by atoms with Crippen LogP contribution in [0, 0.1) is 5.92 Å². The van der Waals surface area contributed by atoms with Gasteiger partial charge in [0, 0.05) is 18.8 Å². The van der Waals surface area contributed by atoms with Gasteiger partial charge in [-0.25, -0.2) is 0 Å². The quantitative estimate of drug-likeness (QED) is 0.782. The van der Waals surface area contributed by atoms with Gasteiger partial charge in [0.15, 0.2) is 0 Å². The minimum absolute atomic E-state index is 0.488. The van der Waals surface area contributed by atoms with Gasteiger partial charge < -0.3 is 11.1 Å². The number of benzene rings is 2. The fourth-order valence-corrected chi connectivity index (χ4v) is 2.50. The molecule has 1 atom stereocenters. The van der Waals surface area contributed by atoms with E-state index in [0.717, 1.165) is 18.8 Å². The molecule has 2 aromatic carbocycles. The molecule has 0 aliphatic carbocycles. The van der Waals surface area contributed by atoms with Crippen LogP contribution in [0.25, 0.3) is 0 Å². The van der Waals surface area contributed by atoms with Crippen LogP contribution < -0.4 is 11.1 Å². The first kappa shape index (κ1) is 14.6. The van der Waals surface area contributed by atoms with Crippen molar-refractivity contribution in [3.8, 4) is 0 Å². The first-order chi connectivity index (χ1) is 9.66. The Morgan fingerprint density at radius 1 is 1.00 bits per heavy atom. The van der Waals surface area contributed by atoms with Gasteiger partial charge in [-0.2, -0.15) is 0 Å². The number of hydrogen-bond acceptors (Lipinski definition) is 2. The van der Waals surface area contributed by atoms with Crippen LogP contribution >= 0.6 is 0 Å². The Labute approximate surface area is 122 Å². The van der Waals surface area contributed by atoms with E-state index in [0.29, 0.717) is 11.8 Å². The zero-order valence-corrected chi connectivity index (χ0v) is 12.3. The SMILES string of the molecule is CC(C)C(CNCc1ccccc1)c1cccc(N)c1. The van der Waals surface area contributed by atoms with Gasteiger partial charge in [-0.3, -0.25) is 0 Å². The second kappa shape index (κ2) is 7.11. The van der Waals surface area contributed by atoms with Gasteiger partial charge in [-0.05, 0) is 35.1 Å². The molecular weight excluding hydrogens is 244 g/mol. The van der Waals surface area contributed by atoms with Gasteiger partial charge in [-0.1, -0.05) is 56.3 Å². The number of rotatable bonds is 6. The molecule has 2 heteroatoms. The lowest BCUT2D eigenvalue weighted by atomic mass is 9.88. The first-order valence-corrected chi connectivity index (χ1v) is 7.27. The van der Waals surface area contributed by atoms with Crippen molar-refractivity contribution in [2.75, 3.05) is 12.3 Å². The summed E-state index contributed by atoms with van der Waals surface area (Å²) in [4.78, 5) is 0. The monoisotopic (exact) mass is 268 g/mol. The van der Waals surface area contributed by atoms with Gasteiger partial charge in [0.1, 0.15) is 0 Å². The molecule has 0 saturated heterocycles. The number of nitrogens with two attached hydrogens (primary N) is 1. The normalized spacial score (nSPS) is 12.6. The van der Waals surface area contributed by atoms with Crippen molar-refractivity contribution in [2.24, 2.45) is 5.92 Å². The molecule has 0 heterocycles. The number of nitrogens with one attached hydrogen (secondary N) is 1. The molecule has 106 valence electrons. The Hall–Kier alpha value is -1.80. The van der Waals surface area contributed by atoms with Crippen molar-refractivity contribution < 1.29 is 0 Å². The van der Waals surface area contributed by atoms with Gasteiger partial charge in [0.25, 0.3) is 0 Å². The Morgan fingerprint density at radius 3 is 2.40 bits per heavy atom. The first-order valence-electron chi connectivity index (χ1n) is 7.27. The van der Waals surface area contributed by atoms with Crippen molar-refractivity contribution in [3.63, 3.8) is 0 Å². The maximum Gasteiger partial charge on any atom is 0.0316 e. The third-order valence-corrected chi connectivity index (χ3v) is 3.68. The van der Waals surface area contributed by atoms with Crippen molar-refractivity contribution in [2.45, 2.75) is 26.3 Å². The van der Waals surface area contributed by atoms with Crippen LogP contribution in [0.15, 0.2) is 54.6 Å². The maximum atomic E-state index is 5.90. The van der Waals surface area contributed by atoms with Crippen molar-refractivity contribution in [1.29, 1.82) is 0 Å². The highest BCUT2D eigenvalue weighted by Crippen LogP contribution is 2.25. The summed E-state index contributed by atoms with van der Waals surface area (Å²) in [6.45, 7) is 6.40. The third-order valence-electron chi connectivity index (χ3n) is 3.68. The molecular formula is C18H24N2. The molecule has 0 spiro atoms. The van der Waals surface area contributed by atoms with E-state index in [-0.39, 0.29) is 0 Å². The standard InChI is InChI=1S/C18H24N2/c1-14(2)18(16-9-6-10-17(19)11-16)13-20-12-15-7-4-3-5-8-15/h3-11,14,18,20H,12-13,19H2,1-2H3. The summed E-state index contributed by atoms with van der Waals surface area (Å²) in [5.41, 5.74) is 9.38. The zero-order valence-electron chi connectivity index (χ0n) is 12.3. The molecule has 2 nitrogen and oxygen atoms in total. The lowest BCUT2D eigenvalue weighted by Gasteiger charge is -2.22. The summed E-state index contributed by atoms with van der Waals surface area (Å²) in [6.07, 6.45) is 0. The van der Waals surface area contributed by atoms with Gasteiger partial charge in [0.05, 0.1) is 0 Å². The number of nitrogen functional groups attached to an aromatic ring is 1. The highest BCUT2D eigenvalue weighted by atomic mass is 14.9. The Morgan fingerprint density at radius 2 is 1.75 bits per heavy atom. The van der Waals surface area contributed by atoms with Crippen LogP contribution in [0.1, 0.15) is 30.9 Å². The highest BCUT2D eigenvalue weighted by Gasteiger charge is 2.15. The zero-order chi connectivity index (χ0) is 14.4. The summed E-state index contributed by atoms with van der Waals surface area (Å²) in [5, 5.41) is 3.56. The topological polar surface area (TPSA) is 38.0 Å². The van der Waals surface area contributed by atoms with Crippen molar-refractivity contribution >= 4 is 5.69 Å². The van der Waals surface area contributed by atoms with Crippen LogP contribution in [-0.4, -0.2) is 6.54 Å². The molecule has 0 bridgehead atoms. The van der Waals surface area contributed by atoms with Crippen LogP contribution in [-0.2, 0) is 6.54 Å². The Kier molecular flexibility index (Phi) is 5.19. The lowest BCUT2D eigenvalue weighted by Crippen LogP contribution is -2.24. The summed E-state index contributed by atoms with van der Waals surface area (Å²) in [6, 6.07) is 18.8. The predicted octanol–water partition coefficient (Wildman–Crippen LogP) is 3.80. The second-order valence-electron chi connectivity index (χ2n) is 5.64. The molecule has 0 saturated carbocycles. The Bertz CT molecular complexity index is 520. The largest absolute Gasteiger partial charge is 0.399 e. The molecule has 2 rings (SSSR count). The summed E-state index contributed by atoms with van der Waals surface area (Å²) in [7, 11) is 0. The van der Waals surface area contributed by atoms with E-state index in [1.54, 1.807) is 0 Å². The minimum atomic E-state index is 0.488. The highest BCUT2D eigenvalue weighted by molar-refractivity contribution is 5.42. The van der Waals surface area contributed by atoms with E-state index in [9.17, 15) is 0 Å². The summed E-state index contributed by atoms with van der Waals surface area (Å²) < 4.78 is 0. The Balaban J connectivity index is 1.96. The molecule has 0 amide bonds. The average molecular weight is 268 g/mol. The lowest BCUT2D eigenvalue weighted by molar-refractivity contribution is 0.461. The number of hydrogen-bond donors (Lipinski definition) is 2. The average Bonchev–Trinajstić information content (AvgIpc) is 2.44.